The van der Waals surface area contributed by atoms with Crippen LogP contribution in [-0.4, -0.2) is 58.3 Å². The van der Waals surface area contributed by atoms with Crippen LogP contribution < -0.4 is 10.1 Å². The molecule has 2 amide bonds. The highest BCUT2D eigenvalue weighted by Crippen LogP contribution is 2.31. The molecule has 1 aromatic carbocycles. The van der Waals surface area contributed by atoms with E-state index in [0.717, 1.165) is 22.0 Å². The number of aliphatic hydroxyl groups is 2. The number of aliphatic hydroxyl groups excluding tert-OH is 2. The van der Waals surface area contributed by atoms with Crippen LogP contribution in [0, 0.1) is 3.57 Å². The monoisotopic (exact) mass is 608 g/mol. The SMILES string of the molecule is C=CCCCCC(=O)N(Cc1ccoc1)C1CC(C(=O)NCCO)=CC(Oc2ccccc2I)C1O. The molecule has 3 rings (SSSR count). The molecule has 0 saturated heterocycles. The highest BCUT2D eigenvalue weighted by Gasteiger charge is 2.40. The Morgan fingerprint density at radius 1 is 1.28 bits per heavy atom. The molecule has 0 saturated carbocycles. The van der Waals surface area contributed by atoms with Crippen molar-refractivity contribution in [3.63, 3.8) is 0 Å². The van der Waals surface area contributed by atoms with Gasteiger partial charge in [-0.2, -0.15) is 0 Å². The number of amides is 2. The van der Waals surface area contributed by atoms with E-state index in [4.69, 9.17) is 14.3 Å². The minimum absolute atomic E-state index is 0.104. The Kier molecular flexibility index (Phi) is 11.0. The molecule has 1 heterocycles. The lowest BCUT2D eigenvalue weighted by Crippen LogP contribution is -2.54. The van der Waals surface area contributed by atoms with E-state index in [0.29, 0.717) is 24.2 Å². The number of carbonyl (C=O) groups excluding carboxylic acids is 2. The zero-order valence-corrected chi connectivity index (χ0v) is 22.3. The summed E-state index contributed by atoms with van der Waals surface area (Å²) in [5, 5.41) is 23.3. The Hall–Kier alpha value is -2.63. The highest BCUT2D eigenvalue weighted by atomic mass is 127. The Bertz CT molecular complexity index is 1040. The molecule has 0 radical (unpaired) electrons. The lowest BCUT2D eigenvalue weighted by Gasteiger charge is -2.40. The third kappa shape index (κ3) is 7.68. The van der Waals surface area contributed by atoms with Gasteiger partial charge >= 0.3 is 0 Å². The first-order chi connectivity index (χ1) is 17.4. The number of nitrogens with one attached hydrogen (secondary N) is 1. The smallest absolute Gasteiger partial charge is 0.247 e. The maximum absolute atomic E-state index is 13.4. The van der Waals surface area contributed by atoms with E-state index < -0.39 is 18.2 Å². The van der Waals surface area contributed by atoms with Crippen molar-refractivity contribution in [3.05, 3.63) is 76.3 Å². The molecule has 0 aliphatic heterocycles. The molecule has 3 N–H and O–H groups in total. The molecule has 1 aromatic heterocycles. The molecule has 8 nitrogen and oxygen atoms in total. The van der Waals surface area contributed by atoms with Gasteiger partial charge in [0.2, 0.25) is 11.8 Å². The molecular formula is C27H33IN2O6. The first-order valence-electron chi connectivity index (χ1n) is 12.0. The van der Waals surface area contributed by atoms with Crippen LogP contribution in [0.25, 0.3) is 0 Å². The van der Waals surface area contributed by atoms with Crippen LogP contribution in [0.3, 0.4) is 0 Å². The van der Waals surface area contributed by atoms with Gasteiger partial charge in [-0.15, -0.1) is 6.58 Å². The molecular weight excluding hydrogens is 575 g/mol. The van der Waals surface area contributed by atoms with Gasteiger partial charge in [-0.05, 0) is 66.1 Å². The van der Waals surface area contributed by atoms with Crippen molar-refractivity contribution in [1.82, 2.24) is 10.2 Å². The number of carbonyl (C=O) groups is 2. The number of furan rings is 1. The Labute approximate surface area is 225 Å². The first kappa shape index (κ1) is 27.9. The minimum Gasteiger partial charge on any atom is -0.482 e. The van der Waals surface area contributed by atoms with Crippen LogP contribution in [0.5, 0.6) is 5.75 Å². The van der Waals surface area contributed by atoms with Crippen molar-refractivity contribution in [3.8, 4) is 5.75 Å². The molecule has 9 heteroatoms. The summed E-state index contributed by atoms with van der Waals surface area (Å²) in [6, 6.07) is 8.48. The minimum atomic E-state index is -1.07. The normalized spacial score (nSPS) is 19.3. The summed E-state index contributed by atoms with van der Waals surface area (Å²) in [5.74, 6) is 0.0969. The summed E-state index contributed by atoms with van der Waals surface area (Å²) in [6.45, 7) is 3.88. The van der Waals surface area contributed by atoms with Crippen molar-refractivity contribution >= 4 is 34.4 Å². The van der Waals surface area contributed by atoms with Crippen LogP contribution >= 0.6 is 22.6 Å². The van der Waals surface area contributed by atoms with Crippen molar-refractivity contribution in [2.45, 2.75) is 56.9 Å². The number of nitrogens with zero attached hydrogens (tertiary/aromatic N) is 1. The van der Waals surface area contributed by atoms with Crippen LogP contribution in [0.1, 0.15) is 37.7 Å². The number of hydrogen-bond acceptors (Lipinski definition) is 6. The second-order valence-electron chi connectivity index (χ2n) is 8.63. The van der Waals surface area contributed by atoms with Crippen molar-refractivity contribution in [2.75, 3.05) is 13.2 Å². The number of halogens is 1. The van der Waals surface area contributed by atoms with Crippen LogP contribution in [-0.2, 0) is 16.1 Å². The van der Waals surface area contributed by atoms with Crippen molar-refractivity contribution < 1.29 is 29.0 Å². The summed E-state index contributed by atoms with van der Waals surface area (Å²) in [5.41, 5.74) is 1.18. The Morgan fingerprint density at radius 3 is 2.78 bits per heavy atom. The molecule has 1 aliphatic carbocycles. The molecule has 0 spiro atoms. The van der Waals surface area contributed by atoms with Gasteiger partial charge in [-0.3, -0.25) is 9.59 Å². The van der Waals surface area contributed by atoms with Crippen LogP contribution in [0.4, 0.5) is 0 Å². The maximum atomic E-state index is 13.4. The van der Waals surface area contributed by atoms with E-state index >= 15 is 0 Å². The van der Waals surface area contributed by atoms with Gasteiger partial charge in [0, 0.05) is 37.1 Å². The van der Waals surface area contributed by atoms with E-state index in [1.807, 2.05) is 24.3 Å². The van der Waals surface area contributed by atoms with E-state index in [1.165, 1.54) is 6.26 Å². The average molecular weight is 608 g/mol. The Morgan fingerprint density at radius 2 is 2.08 bits per heavy atom. The van der Waals surface area contributed by atoms with E-state index in [1.54, 1.807) is 29.4 Å². The number of benzene rings is 1. The van der Waals surface area contributed by atoms with Gasteiger partial charge in [0.05, 0.1) is 28.7 Å². The summed E-state index contributed by atoms with van der Waals surface area (Å²) in [6.07, 6.45) is 7.45. The first-order valence-corrected chi connectivity index (χ1v) is 13.1. The van der Waals surface area contributed by atoms with Crippen molar-refractivity contribution in [1.29, 1.82) is 0 Å². The molecule has 0 bridgehead atoms. The molecule has 2 aromatic rings. The van der Waals surface area contributed by atoms with E-state index in [-0.39, 0.29) is 37.9 Å². The number of ether oxygens (including phenoxy) is 1. The van der Waals surface area contributed by atoms with Gasteiger partial charge in [-0.1, -0.05) is 18.2 Å². The maximum Gasteiger partial charge on any atom is 0.247 e. The van der Waals surface area contributed by atoms with E-state index in [9.17, 15) is 14.7 Å². The summed E-state index contributed by atoms with van der Waals surface area (Å²) in [7, 11) is 0. The highest BCUT2D eigenvalue weighted by molar-refractivity contribution is 14.1. The largest absolute Gasteiger partial charge is 0.482 e. The number of allylic oxidation sites excluding steroid dienone is 1. The fraction of sp³-hybridized carbons (Fsp3) is 0.407. The Balaban J connectivity index is 1.90. The molecule has 194 valence electrons. The number of unbranched alkanes of at least 4 members (excludes halogenated alkanes) is 2. The van der Waals surface area contributed by atoms with Crippen molar-refractivity contribution in [2.24, 2.45) is 0 Å². The molecule has 1 aliphatic rings. The summed E-state index contributed by atoms with van der Waals surface area (Å²) in [4.78, 5) is 27.9. The standard InChI is InChI=1S/C27H33IN2O6/c1-2-3-4-5-10-25(32)30(17-19-11-14-35-18-19)22-15-20(27(34)29-12-13-31)16-24(26(22)33)36-23-9-7-6-8-21(23)28/h2,6-9,11,14,16,18,22,24,26,31,33H,1,3-5,10,12-13,15,17H2,(H,29,34). The molecule has 3 atom stereocenters. The fourth-order valence-corrected chi connectivity index (χ4v) is 4.66. The quantitative estimate of drug-likeness (QED) is 0.182. The predicted octanol–water partition coefficient (Wildman–Crippen LogP) is 3.57. The second-order valence-corrected chi connectivity index (χ2v) is 9.80. The molecule has 36 heavy (non-hydrogen) atoms. The average Bonchev–Trinajstić information content (AvgIpc) is 3.39. The number of hydrogen-bond donors (Lipinski definition) is 3. The second kappa shape index (κ2) is 14.2. The third-order valence-corrected chi connectivity index (χ3v) is 6.91. The summed E-state index contributed by atoms with van der Waals surface area (Å²) < 4.78 is 12.2. The van der Waals surface area contributed by atoms with Gasteiger partial charge in [0.1, 0.15) is 18.0 Å². The molecule has 0 fully saturated rings. The van der Waals surface area contributed by atoms with E-state index in [2.05, 4.69) is 34.5 Å². The van der Waals surface area contributed by atoms with Gasteiger partial charge in [-0.25, -0.2) is 0 Å². The lowest BCUT2D eigenvalue weighted by molar-refractivity contribution is -0.139. The van der Waals surface area contributed by atoms with Gasteiger partial charge < -0.3 is 29.6 Å². The number of rotatable bonds is 13. The van der Waals surface area contributed by atoms with Crippen LogP contribution in [0.2, 0.25) is 0 Å². The fourth-order valence-electron chi connectivity index (χ4n) is 4.14. The van der Waals surface area contributed by atoms with Gasteiger partial charge in [0.15, 0.2) is 0 Å². The predicted molar refractivity (Wildman–Crippen MR) is 144 cm³/mol. The topological polar surface area (TPSA) is 112 Å². The van der Waals surface area contributed by atoms with Crippen LogP contribution in [0.15, 0.2) is 71.6 Å². The summed E-state index contributed by atoms with van der Waals surface area (Å²) >= 11 is 2.15. The molecule has 3 unspecified atom stereocenters. The zero-order valence-electron chi connectivity index (χ0n) is 20.1. The number of para-hydroxylation sites is 1. The van der Waals surface area contributed by atoms with Gasteiger partial charge in [0.25, 0.3) is 0 Å². The lowest BCUT2D eigenvalue weighted by atomic mass is 9.87. The zero-order chi connectivity index (χ0) is 25.9. The third-order valence-electron chi connectivity index (χ3n) is 6.02.